The fraction of sp³-hybridized carbons (Fsp3) is 0.475. The van der Waals surface area contributed by atoms with Crippen molar-refractivity contribution < 1.29 is 96.1 Å². The summed E-state index contributed by atoms with van der Waals surface area (Å²) in [6, 6.07) is 6.85. The van der Waals surface area contributed by atoms with E-state index in [-0.39, 0.29) is 51.0 Å². The molecule has 5 rings (SSSR count). The van der Waals surface area contributed by atoms with E-state index in [1.165, 1.54) is 61.8 Å². The predicted molar refractivity (Wildman–Crippen MR) is 450 cm³/mol. The number of fused-ring (bicyclic) bond motifs is 2. The fourth-order valence-corrected chi connectivity index (χ4v) is 12.9. The summed E-state index contributed by atoms with van der Waals surface area (Å²) in [6.07, 6.45) is -4.75. The lowest BCUT2D eigenvalue weighted by atomic mass is 9.97. The number of aromatic nitrogens is 1. The third kappa shape index (κ3) is 32.3. The predicted octanol–water partition coefficient (Wildman–Crippen LogP) is -3.52. The summed E-state index contributed by atoms with van der Waals surface area (Å²) in [5.74, 6) is -17.7. The van der Waals surface area contributed by atoms with Gasteiger partial charge in [-0.25, -0.2) is 0 Å². The van der Waals surface area contributed by atoms with E-state index < -0.39 is 227 Å². The Balaban J connectivity index is 1.52. The Morgan fingerprint density at radius 2 is 0.893 bits per heavy atom. The molecule has 0 spiro atoms. The molecule has 0 aliphatic heterocycles. The van der Waals surface area contributed by atoms with Gasteiger partial charge in [0, 0.05) is 79.1 Å². The van der Waals surface area contributed by atoms with Gasteiger partial charge in [-0.1, -0.05) is 72.8 Å². The second-order valence-corrected chi connectivity index (χ2v) is 33.2. The number of aromatic amines is 1. The lowest BCUT2D eigenvalue weighted by Crippen LogP contribution is -2.64. The van der Waals surface area contributed by atoms with Gasteiger partial charge in [0.25, 0.3) is 0 Å². The first-order chi connectivity index (χ1) is 56.6. The van der Waals surface area contributed by atoms with Gasteiger partial charge >= 0.3 is 0 Å². The third-order valence-electron chi connectivity index (χ3n) is 19.1. The summed E-state index contributed by atoms with van der Waals surface area (Å²) < 4.78 is 2.54. The molecule has 39 nitrogen and oxygen atoms in total. The zero-order valence-corrected chi connectivity index (χ0v) is 70.6. The molecule has 0 unspecified atom stereocenters. The number of hydrogen-bond donors (Lipinski definition) is 22. The summed E-state index contributed by atoms with van der Waals surface area (Å²) in [7, 11) is 1.41. The molecule has 41 heteroatoms. The van der Waals surface area contributed by atoms with Gasteiger partial charge in [0.05, 0.1) is 26.1 Å². The van der Waals surface area contributed by atoms with Crippen LogP contribution in [0, 0.1) is 0 Å². The zero-order chi connectivity index (χ0) is 90.6. The summed E-state index contributed by atoms with van der Waals surface area (Å²) in [4.78, 5) is 249. The lowest BCUT2D eigenvalue weighted by molar-refractivity contribution is -0.138. The van der Waals surface area contributed by atoms with Crippen LogP contribution in [0.25, 0.3) is 21.7 Å². The van der Waals surface area contributed by atoms with Crippen LogP contribution in [0.5, 0.6) is 5.75 Å². The number of hydrogen-bond acceptors (Lipinski definition) is 22. The number of amides is 18. The number of carbonyl (C=O) groups excluding carboxylic acids is 18. The molecule has 0 aliphatic rings. The number of nitrogens with one attached hydrogen (secondary N) is 14. The van der Waals surface area contributed by atoms with Crippen LogP contribution in [0.3, 0.4) is 0 Å². The van der Waals surface area contributed by atoms with Crippen LogP contribution in [-0.2, 0) is 106 Å². The number of carbonyl (C=O) groups is 18. The molecule has 1 heterocycles. The molecule has 12 atom stereocenters. The molecule has 18 amide bonds. The van der Waals surface area contributed by atoms with Gasteiger partial charge < -0.3 is 113 Å². The molecule has 121 heavy (non-hydrogen) atoms. The largest absolute Gasteiger partial charge is 0.497 e. The second-order valence-electron chi connectivity index (χ2n) is 30.9. The van der Waals surface area contributed by atoms with Gasteiger partial charge in [-0.05, 0) is 126 Å². The first-order valence-electron chi connectivity index (χ1n) is 38.7. The number of methoxy groups -OCH3 is 1. The van der Waals surface area contributed by atoms with E-state index in [1.807, 2.05) is 6.07 Å². The highest BCUT2D eigenvalue weighted by atomic mass is 32.1. The van der Waals surface area contributed by atoms with Crippen molar-refractivity contribution in [2.24, 2.45) is 28.7 Å². The summed E-state index contributed by atoms with van der Waals surface area (Å²) in [5, 5.41) is 46.0. The van der Waals surface area contributed by atoms with Crippen LogP contribution in [0.1, 0.15) is 137 Å². The molecule has 0 aliphatic carbocycles. The zero-order valence-electron chi connectivity index (χ0n) is 68.8. The van der Waals surface area contributed by atoms with Crippen molar-refractivity contribution in [3.05, 3.63) is 114 Å². The number of rotatable bonds is 49. The minimum Gasteiger partial charge on any atom is -0.497 e. The topological polar surface area (TPSA) is 639 Å². The maximum absolute atomic E-state index is 15.4. The van der Waals surface area contributed by atoms with Crippen molar-refractivity contribution in [3.63, 3.8) is 0 Å². The Bertz CT molecular complexity index is 4620. The van der Waals surface area contributed by atoms with Crippen LogP contribution in [0.15, 0.2) is 97.2 Å². The van der Waals surface area contributed by atoms with Crippen LogP contribution >= 0.6 is 25.3 Å². The molecule has 1 aromatic heterocycles. The highest BCUT2D eigenvalue weighted by molar-refractivity contribution is 7.82. The highest BCUT2D eigenvalue weighted by Crippen LogP contribution is 2.25. The smallest absolute Gasteiger partial charge is 0.245 e. The average molecular weight is 1720 g/mol. The maximum Gasteiger partial charge on any atom is 0.245 e. The summed E-state index contributed by atoms with van der Waals surface area (Å²) in [5.41, 5.74) is 27.0. The Kier molecular flexibility index (Phi) is 37.4. The van der Waals surface area contributed by atoms with Crippen molar-refractivity contribution in [2.75, 3.05) is 13.7 Å². The van der Waals surface area contributed by atoms with Crippen molar-refractivity contribution in [1.29, 1.82) is 0 Å². The molecule has 0 bridgehead atoms. The van der Waals surface area contributed by atoms with Gasteiger partial charge in [0.15, 0.2) is 0 Å². The van der Waals surface area contributed by atoms with E-state index in [1.54, 1.807) is 84.9 Å². The van der Waals surface area contributed by atoms with Gasteiger partial charge in [-0.15, -0.1) is 0 Å². The number of aliphatic hydroxyl groups excluding tert-OH is 1. The van der Waals surface area contributed by atoms with Gasteiger partial charge in [-0.2, -0.15) is 25.3 Å². The van der Waals surface area contributed by atoms with Crippen LogP contribution in [-0.4, -0.2) is 218 Å². The Morgan fingerprint density at radius 1 is 0.446 bits per heavy atom. The molecule has 25 N–H and O–H groups in total. The van der Waals surface area contributed by atoms with Crippen molar-refractivity contribution in [3.8, 4) is 5.75 Å². The second kappa shape index (κ2) is 45.7. The third-order valence-corrected chi connectivity index (χ3v) is 19.6. The van der Waals surface area contributed by atoms with E-state index >= 15 is 24.0 Å². The fourth-order valence-electron chi connectivity index (χ4n) is 12.6. The number of nitrogens with two attached hydrogens (primary N) is 5. The Hall–Kier alpha value is -12.4. The van der Waals surface area contributed by atoms with Crippen molar-refractivity contribution >= 4 is 153 Å². The minimum atomic E-state index is -2.02. The number of para-hydroxylation sites is 1. The number of H-pyrrole nitrogens is 1. The molecule has 0 radical (unpaired) electrons. The minimum absolute atomic E-state index is 0.125. The molecular weight excluding hydrogens is 1610 g/mol. The van der Waals surface area contributed by atoms with Gasteiger partial charge in [0.1, 0.15) is 77.7 Å². The van der Waals surface area contributed by atoms with E-state index in [2.05, 4.69) is 86.7 Å². The first-order valence-corrected chi connectivity index (χ1v) is 39.6. The number of aliphatic hydroxyl groups is 1. The van der Waals surface area contributed by atoms with Crippen LogP contribution in [0.4, 0.5) is 0 Å². The number of thiol groups is 2. The SMILES string of the molecule is COc1ccc(C[C@H](NC(=O)[C@@H](NC(=O)[C@H](CCC(N)=O)NC(=O)[C@H](Cc2c[nH]c3ccccc23)NC(=O)[C@@H](NC(=O)[C@H](CCC(N)=O)NC(=O)[C@@H](NC(C)=O)C(C)(C)S)[C@@H](C)O)C(C)(C)S)C(=O)N[C@@H](Cc2ccc3ccccc3c2)C(=O)NC(C)(C)C(=O)N[C@@H](CCCCNC(C)=O)C(=O)N[C@@H](CC(N)=O)C(=O)N[C@@H](CC(N)=O)C(N)=O)cc1. The van der Waals surface area contributed by atoms with E-state index in [4.69, 9.17) is 46.0 Å². The summed E-state index contributed by atoms with van der Waals surface area (Å²) >= 11 is 9.16. The Labute approximate surface area is 709 Å². The summed E-state index contributed by atoms with van der Waals surface area (Å²) in [6.45, 7) is 12.0. The standard InChI is InChI=1S/C80H111N19O20S2/c1-40(100)63(97-68(109)52(28-30-59(81)103)90-75(116)64(79(6,7)120)88-42(3)102)74(115)94-57(36-47-39-87-50-20-14-13-19-49(47)50)71(112)89-53(29-31-60(82)104)69(110)98-65(80(8,9)121)76(117)95-55(34-43-23-26-48(119-10)27-24-43)70(111)92-56(35-44-22-25-45-17-11-12-18-46(45)33-44)73(114)99-78(4,5)77(118)96-51(21-15-16-32-86-41(2)101)67(108)93-58(38-62(84)106)72(113)91-54(66(85)107)37-61(83)105/h11-14,17-20,22-27,33,39-40,51-58,63-65,87,100,120-121H,15-16,21,28-32,34-38H2,1-10H3,(H2,81,103)(H2,82,104)(H2,83,105)(H2,84,106)(H2,85,107)(H,86,101)(H,88,102)(H,89,112)(H,90,116)(H,91,113)(H,92,111)(H,93,108)(H,94,115)(H,95,117)(H,96,118)(H,97,109)(H,98,110)(H,99,114)/t40-,51+,52+,53+,54+,55+,56+,57+,58+,63+,64-,65-/m1/s1. The number of ether oxygens (including phenoxy) is 1. The van der Waals surface area contributed by atoms with Crippen LogP contribution < -0.4 is 103 Å². The molecule has 658 valence electrons. The number of unbranched alkanes of at least 4 members (excludes halogenated alkanes) is 1. The monoisotopic (exact) mass is 1720 g/mol. The van der Waals surface area contributed by atoms with Gasteiger partial charge in [-0.3, -0.25) is 86.3 Å². The highest BCUT2D eigenvalue weighted by Gasteiger charge is 2.43. The molecule has 0 fully saturated rings. The molecule has 4 aromatic carbocycles. The molecular formula is C80H111N19O20S2. The maximum atomic E-state index is 15.4. The van der Waals surface area contributed by atoms with Crippen molar-refractivity contribution in [2.45, 2.75) is 227 Å². The average Bonchev–Trinajstić information content (AvgIpc) is 0.999. The van der Waals surface area contributed by atoms with Gasteiger partial charge in [0.2, 0.25) is 106 Å². The number of primary amides is 5. The number of benzene rings is 4. The van der Waals surface area contributed by atoms with Crippen molar-refractivity contribution in [1.82, 2.24) is 74.1 Å². The van der Waals surface area contributed by atoms with E-state index in [0.29, 0.717) is 33.3 Å². The molecule has 0 saturated heterocycles. The van der Waals surface area contributed by atoms with E-state index in [9.17, 15) is 67.4 Å². The Morgan fingerprint density at radius 3 is 1.44 bits per heavy atom. The van der Waals surface area contributed by atoms with E-state index in [0.717, 1.165) is 24.6 Å². The van der Waals surface area contributed by atoms with Crippen LogP contribution in [0.2, 0.25) is 0 Å². The normalized spacial score (nSPS) is 14.5. The molecule has 0 saturated carbocycles. The quantitative estimate of drug-likeness (QED) is 0.0133. The first kappa shape index (κ1) is 99.2. The lowest BCUT2D eigenvalue weighted by Gasteiger charge is -2.33. The molecule has 5 aromatic rings.